The van der Waals surface area contributed by atoms with Gasteiger partial charge < -0.3 is 15.4 Å². The minimum Gasteiger partial charge on any atom is -0.491 e. The van der Waals surface area contributed by atoms with Crippen LogP contribution in [0.5, 0.6) is 5.75 Å². The van der Waals surface area contributed by atoms with Crippen molar-refractivity contribution in [3.63, 3.8) is 0 Å². The maximum atomic E-state index is 13.0. The van der Waals surface area contributed by atoms with Crippen LogP contribution in [-0.4, -0.2) is 36.0 Å². The van der Waals surface area contributed by atoms with E-state index in [2.05, 4.69) is 15.6 Å². The summed E-state index contributed by atoms with van der Waals surface area (Å²) in [6.45, 7) is 3.71. The Kier molecular flexibility index (Phi) is 6.33. The van der Waals surface area contributed by atoms with E-state index >= 15 is 0 Å². The number of likely N-dealkylation sites (N-methyl/N-ethyl adjacent to an activating group) is 1. The van der Waals surface area contributed by atoms with E-state index in [-0.39, 0.29) is 29.9 Å². The molecule has 0 aliphatic heterocycles. The number of hydrogen-bond acceptors (Lipinski definition) is 4. The Balaban J connectivity index is 2.33. The van der Waals surface area contributed by atoms with Gasteiger partial charge in [0, 0.05) is 13.2 Å². The molecule has 1 saturated carbocycles. The van der Waals surface area contributed by atoms with E-state index in [1.165, 1.54) is 7.05 Å². The molecule has 0 atom stereocenters. The fraction of sp³-hybridized carbons (Fsp3) is 0.611. The zero-order chi connectivity index (χ0) is 20.2. The van der Waals surface area contributed by atoms with E-state index in [1.54, 1.807) is 13.8 Å². The molecule has 1 fully saturated rings. The van der Waals surface area contributed by atoms with Gasteiger partial charge in [-0.3, -0.25) is 9.59 Å². The third-order valence-electron chi connectivity index (χ3n) is 4.79. The number of hydrogen-bond donors (Lipinski definition) is 2. The van der Waals surface area contributed by atoms with Crippen LogP contribution in [0.2, 0.25) is 0 Å². The lowest BCUT2D eigenvalue weighted by Gasteiger charge is -2.30. The molecule has 2 amide bonds. The summed E-state index contributed by atoms with van der Waals surface area (Å²) in [5.41, 5.74) is -2.43. The number of pyridine rings is 1. The average Bonchev–Trinajstić information content (AvgIpc) is 3.47. The standard InChI is InChI=1S/C18H24F3N3O3/c1-4-17(5-2,16(26)22-3)24-15(25)14-13(27-10-11-6-7-11)8-12(9-23-14)18(19,20)21/h8-9,11H,4-7,10H2,1-3H3,(H,22,26)(H,24,25). The van der Waals surface area contributed by atoms with Gasteiger partial charge in [0.25, 0.3) is 5.91 Å². The van der Waals surface area contributed by atoms with Crippen LogP contribution in [0.25, 0.3) is 0 Å². The fourth-order valence-electron chi connectivity index (χ4n) is 2.69. The summed E-state index contributed by atoms with van der Waals surface area (Å²) in [5, 5.41) is 5.13. The Morgan fingerprint density at radius 1 is 1.26 bits per heavy atom. The van der Waals surface area contributed by atoms with Gasteiger partial charge in [0.2, 0.25) is 5.91 Å². The fourth-order valence-corrected chi connectivity index (χ4v) is 2.69. The molecule has 1 aliphatic rings. The summed E-state index contributed by atoms with van der Waals surface area (Å²) in [7, 11) is 1.45. The van der Waals surface area contributed by atoms with Crippen LogP contribution in [0.4, 0.5) is 13.2 Å². The number of nitrogens with one attached hydrogen (secondary N) is 2. The van der Waals surface area contributed by atoms with Gasteiger partial charge in [-0.15, -0.1) is 0 Å². The molecule has 2 N–H and O–H groups in total. The van der Waals surface area contributed by atoms with Crippen molar-refractivity contribution in [2.45, 2.75) is 51.2 Å². The smallest absolute Gasteiger partial charge is 0.418 e. The second kappa shape index (κ2) is 8.14. The number of nitrogens with zero attached hydrogens (tertiary/aromatic N) is 1. The van der Waals surface area contributed by atoms with E-state index in [0.717, 1.165) is 18.9 Å². The third-order valence-corrected chi connectivity index (χ3v) is 4.79. The van der Waals surface area contributed by atoms with Crippen molar-refractivity contribution >= 4 is 11.8 Å². The average molecular weight is 387 g/mol. The molecule has 0 spiro atoms. The topological polar surface area (TPSA) is 80.3 Å². The Bertz CT molecular complexity index is 699. The molecule has 1 aromatic rings. The van der Waals surface area contributed by atoms with Crippen molar-refractivity contribution in [1.82, 2.24) is 15.6 Å². The molecular formula is C18H24F3N3O3. The van der Waals surface area contributed by atoms with Crippen LogP contribution in [-0.2, 0) is 11.0 Å². The lowest BCUT2D eigenvalue weighted by Crippen LogP contribution is -2.57. The molecule has 9 heteroatoms. The molecule has 0 bridgehead atoms. The zero-order valence-electron chi connectivity index (χ0n) is 15.6. The van der Waals surface area contributed by atoms with Gasteiger partial charge in [-0.25, -0.2) is 4.98 Å². The molecule has 150 valence electrons. The van der Waals surface area contributed by atoms with Gasteiger partial charge in [0.1, 0.15) is 5.54 Å². The van der Waals surface area contributed by atoms with Crippen molar-refractivity contribution in [1.29, 1.82) is 0 Å². The first kappa shape index (κ1) is 21.0. The SMILES string of the molecule is CCC(CC)(NC(=O)c1ncc(C(F)(F)F)cc1OCC1CC1)C(=O)NC. The molecule has 0 aromatic carbocycles. The van der Waals surface area contributed by atoms with E-state index < -0.39 is 23.2 Å². The van der Waals surface area contributed by atoms with Gasteiger partial charge in [-0.1, -0.05) is 13.8 Å². The quantitative estimate of drug-likeness (QED) is 0.719. The van der Waals surface area contributed by atoms with Crippen LogP contribution in [0.3, 0.4) is 0 Å². The van der Waals surface area contributed by atoms with Gasteiger partial charge in [0.15, 0.2) is 11.4 Å². The van der Waals surface area contributed by atoms with Crippen LogP contribution >= 0.6 is 0 Å². The van der Waals surface area contributed by atoms with Crippen LogP contribution in [0.15, 0.2) is 12.3 Å². The summed E-state index contributed by atoms with van der Waals surface area (Å²) in [6, 6.07) is 0.782. The molecule has 1 aliphatic carbocycles. The Hall–Kier alpha value is -2.32. The largest absolute Gasteiger partial charge is 0.491 e. The van der Waals surface area contributed by atoms with Crippen LogP contribution in [0, 0.1) is 5.92 Å². The summed E-state index contributed by atoms with van der Waals surface area (Å²) >= 11 is 0. The van der Waals surface area contributed by atoms with Crippen LogP contribution in [0.1, 0.15) is 55.6 Å². The zero-order valence-corrected chi connectivity index (χ0v) is 15.6. The summed E-state index contributed by atoms with van der Waals surface area (Å²) in [4.78, 5) is 28.6. The minimum atomic E-state index is -4.60. The highest BCUT2D eigenvalue weighted by atomic mass is 19.4. The number of alkyl halides is 3. The molecule has 27 heavy (non-hydrogen) atoms. The first-order chi connectivity index (χ1) is 12.7. The summed E-state index contributed by atoms with van der Waals surface area (Å²) < 4.78 is 44.4. The maximum absolute atomic E-state index is 13.0. The number of carbonyl (C=O) groups excluding carboxylic acids is 2. The molecule has 0 radical (unpaired) electrons. The molecule has 1 aromatic heterocycles. The second-order valence-corrected chi connectivity index (χ2v) is 6.65. The number of rotatable bonds is 8. The first-order valence-electron chi connectivity index (χ1n) is 8.91. The monoisotopic (exact) mass is 387 g/mol. The van der Waals surface area contributed by atoms with Crippen molar-refractivity contribution in [3.8, 4) is 5.75 Å². The second-order valence-electron chi connectivity index (χ2n) is 6.65. The normalized spacial score (nSPS) is 14.6. The number of carbonyl (C=O) groups is 2. The predicted molar refractivity (Wildman–Crippen MR) is 92.3 cm³/mol. The van der Waals surface area contributed by atoms with Gasteiger partial charge in [-0.2, -0.15) is 13.2 Å². The third kappa shape index (κ3) is 4.90. The molecule has 0 saturated heterocycles. The van der Waals surface area contributed by atoms with E-state index in [0.29, 0.717) is 19.0 Å². The number of ether oxygens (including phenoxy) is 1. The Morgan fingerprint density at radius 2 is 1.89 bits per heavy atom. The molecule has 2 rings (SSSR count). The van der Waals surface area contributed by atoms with Crippen molar-refractivity contribution in [3.05, 3.63) is 23.5 Å². The van der Waals surface area contributed by atoms with E-state index in [9.17, 15) is 22.8 Å². The molecular weight excluding hydrogens is 363 g/mol. The van der Waals surface area contributed by atoms with Gasteiger partial charge >= 0.3 is 6.18 Å². The highest BCUT2D eigenvalue weighted by Crippen LogP contribution is 2.34. The molecule has 6 nitrogen and oxygen atoms in total. The van der Waals surface area contributed by atoms with E-state index in [4.69, 9.17) is 4.74 Å². The minimum absolute atomic E-state index is 0.228. The van der Waals surface area contributed by atoms with Crippen molar-refractivity contribution in [2.75, 3.05) is 13.7 Å². The lowest BCUT2D eigenvalue weighted by molar-refractivity contribution is -0.138. The van der Waals surface area contributed by atoms with Crippen LogP contribution < -0.4 is 15.4 Å². The number of aromatic nitrogens is 1. The van der Waals surface area contributed by atoms with Gasteiger partial charge in [0.05, 0.1) is 12.2 Å². The van der Waals surface area contributed by atoms with Crippen molar-refractivity contribution < 1.29 is 27.5 Å². The molecule has 1 heterocycles. The highest BCUT2D eigenvalue weighted by Gasteiger charge is 2.38. The molecule has 0 unspecified atom stereocenters. The summed E-state index contributed by atoms with van der Waals surface area (Å²) in [5.74, 6) is -1.08. The van der Waals surface area contributed by atoms with Gasteiger partial charge in [-0.05, 0) is 37.7 Å². The Morgan fingerprint density at radius 3 is 2.37 bits per heavy atom. The van der Waals surface area contributed by atoms with Crippen molar-refractivity contribution in [2.24, 2.45) is 5.92 Å². The number of amides is 2. The first-order valence-corrected chi connectivity index (χ1v) is 8.91. The maximum Gasteiger partial charge on any atom is 0.418 e. The number of halogens is 3. The Labute approximate surface area is 155 Å². The summed E-state index contributed by atoms with van der Waals surface area (Å²) in [6.07, 6.45) is -1.49. The predicted octanol–water partition coefficient (Wildman–Crippen LogP) is 2.92. The lowest BCUT2D eigenvalue weighted by atomic mass is 9.91. The van der Waals surface area contributed by atoms with E-state index in [1.807, 2.05) is 0 Å². The highest BCUT2D eigenvalue weighted by molar-refractivity contribution is 5.99.